The number of rotatable bonds is 7. The Morgan fingerprint density at radius 3 is 2.67 bits per heavy atom. The van der Waals surface area contributed by atoms with Crippen LogP contribution in [0.5, 0.6) is 0 Å². The molecule has 1 aromatic carbocycles. The van der Waals surface area contributed by atoms with Crippen LogP contribution in [0.2, 0.25) is 0 Å². The maximum atomic E-state index is 12.0. The molecule has 3 N–H and O–H groups in total. The van der Waals surface area contributed by atoms with Gasteiger partial charge in [-0.25, -0.2) is 0 Å². The van der Waals surface area contributed by atoms with Crippen molar-refractivity contribution in [1.29, 1.82) is 0 Å². The average molecular weight is 246 g/mol. The number of amides is 1. The molecule has 0 aromatic heterocycles. The van der Waals surface area contributed by atoms with Crippen molar-refractivity contribution >= 4 is 5.91 Å². The molecule has 0 aliphatic heterocycles. The third kappa shape index (κ3) is 4.15. The first-order valence-electron chi connectivity index (χ1n) is 6.81. The smallest absolute Gasteiger partial charge is 0.224 e. The fraction of sp³-hybridized carbons (Fsp3) is 0.533. The van der Waals surface area contributed by atoms with Gasteiger partial charge in [0.2, 0.25) is 5.91 Å². The number of hydrogen-bond donors (Lipinski definition) is 2. The zero-order chi connectivity index (χ0) is 12.8. The van der Waals surface area contributed by atoms with Gasteiger partial charge in [-0.2, -0.15) is 0 Å². The lowest BCUT2D eigenvalue weighted by Gasteiger charge is -2.14. The molecule has 18 heavy (non-hydrogen) atoms. The zero-order valence-corrected chi connectivity index (χ0v) is 10.8. The number of nitrogens with one attached hydrogen (secondary N) is 1. The third-order valence-corrected chi connectivity index (χ3v) is 3.53. The van der Waals surface area contributed by atoms with Gasteiger partial charge in [-0.1, -0.05) is 43.2 Å². The van der Waals surface area contributed by atoms with Crippen LogP contribution in [0.3, 0.4) is 0 Å². The second kappa shape index (κ2) is 6.55. The van der Waals surface area contributed by atoms with Crippen molar-refractivity contribution in [3.63, 3.8) is 0 Å². The Morgan fingerprint density at radius 2 is 2.06 bits per heavy atom. The zero-order valence-electron chi connectivity index (χ0n) is 10.8. The highest BCUT2D eigenvalue weighted by Gasteiger charge is 2.22. The summed E-state index contributed by atoms with van der Waals surface area (Å²) >= 11 is 0. The number of hydrogen-bond acceptors (Lipinski definition) is 2. The van der Waals surface area contributed by atoms with Crippen LogP contribution in [-0.4, -0.2) is 19.0 Å². The molecule has 1 unspecified atom stereocenters. The number of benzene rings is 1. The molecular weight excluding hydrogens is 224 g/mol. The summed E-state index contributed by atoms with van der Waals surface area (Å²) in [6.45, 7) is 1.21. The van der Waals surface area contributed by atoms with Crippen LogP contribution in [-0.2, 0) is 11.2 Å². The molecule has 1 saturated carbocycles. The molecule has 1 fully saturated rings. The van der Waals surface area contributed by atoms with Gasteiger partial charge in [0.15, 0.2) is 0 Å². The molecule has 0 spiro atoms. The molecule has 0 radical (unpaired) electrons. The predicted molar refractivity (Wildman–Crippen MR) is 73.0 cm³/mol. The van der Waals surface area contributed by atoms with Crippen LogP contribution in [0.1, 0.15) is 24.8 Å². The first kappa shape index (κ1) is 13.1. The largest absolute Gasteiger partial charge is 0.356 e. The third-order valence-electron chi connectivity index (χ3n) is 3.53. The summed E-state index contributed by atoms with van der Waals surface area (Å²) in [5.41, 5.74) is 6.88. The van der Waals surface area contributed by atoms with E-state index in [-0.39, 0.29) is 11.8 Å². The van der Waals surface area contributed by atoms with E-state index in [2.05, 4.69) is 5.32 Å². The van der Waals surface area contributed by atoms with E-state index in [9.17, 15) is 4.79 Å². The van der Waals surface area contributed by atoms with Crippen molar-refractivity contribution < 1.29 is 4.79 Å². The topological polar surface area (TPSA) is 55.1 Å². The minimum Gasteiger partial charge on any atom is -0.356 e. The van der Waals surface area contributed by atoms with Gasteiger partial charge in [-0.15, -0.1) is 0 Å². The molecule has 1 aromatic rings. The Balaban J connectivity index is 1.77. The molecule has 1 atom stereocenters. The van der Waals surface area contributed by atoms with E-state index >= 15 is 0 Å². The first-order valence-corrected chi connectivity index (χ1v) is 6.81. The van der Waals surface area contributed by atoms with Gasteiger partial charge in [0.1, 0.15) is 0 Å². The molecule has 1 amide bonds. The van der Waals surface area contributed by atoms with E-state index in [4.69, 9.17) is 5.73 Å². The predicted octanol–water partition coefficient (Wildman–Crippen LogP) is 1.72. The van der Waals surface area contributed by atoms with E-state index in [1.165, 1.54) is 18.4 Å². The number of carbonyl (C=O) groups is 1. The Bertz CT molecular complexity index is 373. The van der Waals surface area contributed by atoms with E-state index in [1.807, 2.05) is 30.3 Å². The van der Waals surface area contributed by atoms with E-state index < -0.39 is 0 Å². The molecule has 0 saturated heterocycles. The van der Waals surface area contributed by atoms with E-state index in [0.29, 0.717) is 6.54 Å². The molecular formula is C15H22N2O. The molecule has 1 aliphatic rings. The average Bonchev–Trinajstić information content (AvgIpc) is 3.21. The Kier molecular flexibility index (Phi) is 4.76. The molecule has 1 aliphatic carbocycles. The number of carbonyl (C=O) groups excluding carboxylic acids is 1. The summed E-state index contributed by atoms with van der Waals surface area (Å²) in [6.07, 6.45) is 4.52. The van der Waals surface area contributed by atoms with Crippen LogP contribution in [0.15, 0.2) is 30.3 Å². The molecule has 2 rings (SSSR count). The summed E-state index contributed by atoms with van der Waals surface area (Å²) < 4.78 is 0. The normalized spacial score (nSPS) is 16.3. The molecule has 3 heteroatoms. The lowest BCUT2D eigenvalue weighted by molar-refractivity contribution is -0.124. The molecule has 3 nitrogen and oxygen atoms in total. The fourth-order valence-electron chi connectivity index (χ4n) is 2.13. The Labute approximate surface area is 109 Å². The summed E-state index contributed by atoms with van der Waals surface area (Å²) in [7, 11) is 0. The molecule has 0 heterocycles. The van der Waals surface area contributed by atoms with Gasteiger partial charge >= 0.3 is 0 Å². The second-order valence-electron chi connectivity index (χ2n) is 5.15. The van der Waals surface area contributed by atoms with Crippen LogP contribution >= 0.6 is 0 Å². The Morgan fingerprint density at radius 1 is 1.33 bits per heavy atom. The molecule has 98 valence electrons. The second-order valence-corrected chi connectivity index (χ2v) is 5.15. The van der Waals surface area contributed by atoms with Crippen molar-refractivity contribution in [2.45, 2.75) is 25.7 Å². The van der Waals surface area contributed by atoms with Gasteiger partial charge in [0, 0.05) is 13.1 Å². The summed E-state index contributed by atoms with van der Waals surface area (Å²) in [5, 5.41) is 3.01. The van der Waals surface area contributed by atoms with Crippen LogP contribution in [0.4, 0.5) is 0 Å². The van der Waals surface area contributed by atoms with E-state index in [1.54, 1.807) is 0 Å². The quantitative estimate of drug-likeness (QED) is 0.769. The van der Waals surface area contributed by atoms with Gasteiger partial charge in [0.05, 0.1) is 5.92 Å². The highest BCUT2D eigenvalue weighted by atomic mass is 16.1. The van der Waals surface area contributed by atoms with Gasteiger partial charge < -0.3 is 11.1 Å². The summed E-state index contributed by atoms with van der Waals surface area (Å²) in [4.78, 5) is 12.0. The fourth-order valence-corrected chi connectivity index (χ4v) is 2.13. The summed E-state index contributed by atoms with van der Waals surface area (Å²) in [5.74, 6) is 0.851. The van der Waals surface area contributed by atoms with Crippen molar-refractivity contribution in [2.24, 2.45) is 17.6 Å². The maximum Gasteiger partial charge on any atom is 0.224 e. The van der Waals surface area contributed by atoms with Gasteiger partial charge in [-0.3, -0.25) is 4.79 Å². The van der Waals surface area contributed by atoms with Crippen LogP contribution < -0.4 is 11.1 Å². The van der Waals surface area contributed by atoms with E-state index in [0.717, 1.165) is 25.3 Å². The standard InChI is InChI=1S/C15H22N2O/c16-11-14(10-13-4-2-1-3-5-13)15(18)17-9-8-12-6-7-12/h1-5,12,14H,6-11,16H2,(H,17,18). The van der Waals surface area contributed by atoms with Crippen LogP contribution in [0.25, 0.3) is 0 Å². The monoisotopic (exact) mass is 246 g/mol. The Hall–Kier alpha value is -1.35. The minimum atomic E-state index is -0.105. The highest BCUT2D eigenvalue weighted by Crippen LogP contribution is 2.31. The molecule has 0 bridgehead atoms. The van der Waals surface area contributed by atoms with Crippen molar-refractivity contribution in [3.8, 4) is 0 Å². The van der Waals surface area contributed by atoms with Crippen molar-refractivity contribution in [3.05, 3.63) is 35.9 Å². The maximum absolute atomic E-state index is 12.0. The summed E-state index contributed by atoms with van der Waals surface area (Å²) in [6, 6.07) is 10.1. The van der Waals surface area contributed by atoms with Crippen molar-refractivity contribution in [2.75, 3.05) is 13.1 Å². The van der Waals surface area contributed by atoms with Gasteiger partial charge in [0.25, 0.3) is 0 Å². The van der Waals surface area contributed by atoms with Gasteiger partial charge in [-0.05, 0) is 24.3 Å². The SMILES string of the molecule is NCC(Cc1ccccc1)C(=O)NCCC1CC1. The van der Waals surface area contributed by atoms with Crippen LogP contribution in [0, 0.1) is 11.8 Å². The lowest BCUT2D eigenvalue weighted by atomic mass is 9.98. The van der Waals surface area contributed by atoms with Crippen molar-refractivity contribution in [1.82, 2.24) is 5.32 Å². The highest BCUT2D eigenvalue weighted by molar-refractivity contribution is 5.79. The minimum absolute atomic E-state index is 0.0991. The lowest BCUT2D eigenvalue weighted by Crippen LogP contribution is -2.36. The first-order chi connectivity index (χ1) is 8.79. The number of nitrogens with two attached hydrogens (primary N) is 1.